The van der Waals surface area contributed by atoms with Crippen molar-refractivity contribution in [1.29, 1.82) is 0 Å². The van der Waals surface area contributed by atoms with Crippen molar-refractivity contribution in [3.05, 3.63) is 34.9 Å². The van der Waals surface area contributed by atoms with Crippen LogP contribution < -0.4 is 0 Å². The highest BCUT2D eigenvalue weighted by atomic mass is 35.5. The van der Waals surface area contributed by atoms with Gasteiger partial charge in [-0.1, -0.05) is 29.8 Å². The van der Waals surface area contributed by atoms with Crippen LogP contribution in [0.2, 0.25) is 5.02 Å². The van der Waals surface area contributed by atoms with Gasteiger partial charge < -0.3 is 9.47 Å². The van der Waals surface area contributed by atoms with Crippen LogP contribution in [0.5, 0.6) is 0 Å². The maximum absolute atomic E-state index is 6.04. The van der Waals surface area contributed by atoms with E-state index in [1.807, 2.05) is 38.1 Å². The van der Waals surface area contributed by atoms with Gasteiger partial charge in [-0.25, -0.2) is 0 Å². The Morgan fingerprint density at radius 1 is 1.07 bits per heavy atom. The maximum Gasteiger partial charge on any atom is 0.186 e. The van der Waals surface area contributed by atoms with Gasteiger partial charge in [0.25, 0.3) is 0 Å². The molecule has 76 valence electrons. The van der Waals surface area contributed by atoms with E-state index in [9.17, 15) is 0 Å². The van der Waals surface area contributed by atoms with Gasteiger partial charge in [-0.2, -0.15) is 0 Å². The summed E-state index contributed by atoms with van der Waals surface area (Å²) < 4.78 is 11.3. The summed E-state index contributed by atoms with van der Waals surface area (Å²) in [6.45, 7) is 4.00. The van der Waals surface area contributed by atoms with E-state index in [0.717, 1.165) is 5.56 Å². The summed E-state index contributed by atoms with van der Waals surface area (Å²) in [7, 11) is 0. The second-order valence-corrected chi connectivity index (χ2v) is 3.94. The third-order valence-electron chi connectivity index (χ3n) is 2.50. The summed E-state index contributed by atoms with van der Waals surface area (Å²) in [4.78, 5) is 0. The molecule has 0 spiro atoms. The summed E-state index contributed by atoms with van der Waals surface area (Å²) in [6, 6.07) is 7.60. The van der Waals surface area contributed by atoms with Crippen molar-refractivity contribution in [1.82, 2.24) is 0 Å². The maximum atomic E-state index is 6.04. The van der Waals surface area contributed by atoms with Crippen molar-refractivity contribution >= 4 is 11.6 Å². The fourth-order valence-electron chi connectivity index (χ4n) is 1.46. The molecule has 1 aliphatic rings. The quantitative estimate of drug-likeness (QED) is 0.712. The molecule has 0 N–H and O–H groups in total. The van der Waals surface area contributed by atoms with Crippen LogP contribution >= 0.6 is 11.6 Å². The van der Waals surface area contributed by atoms with Gasteiger partial charge in [0.05, 0.1) is 12.2 Å². The zero-order valence-electron chi connectivity index (χ0n) is 8.24. The minimum atomic E-state index is -0.311. The van der Waals surface area contributed by atoms with E-state index < -0.39 is 0 Å². The lowest BCUT2D eigenvalue weighted by atomic mass is 10.2. The van der Waals surface area contributed by atoms with Gasteiger partial charge in [-0.15, -0.1) is 0 Å². The van der Waals surface area contributed by atoms with Crippen molar-refractivity contribution in [2.24, 2.45) is 0 Å². The fraction of sp³-hybridized carbons (Fsp3) is 0.455. The van der Waals surface area contributed by atoms with Gasteiger partial charge in [0, 0.05) is 10.6 Å². The normalized spacial score (nSPS) is 32.1. The average molecular weight is 213 g/mol. The van der Waals surface area contributed by atoms with Gasteiger partial charge in [-0.05, 0) is 19.9 Å². The van der Waals surface area contributed by atoms with Crippen LogP contribution in [0, 0.1) is 0 Å². The zero-order chi connectivity index (χ0) is 10.1. The Balaban J connectivity index is 2.21. The molecule has 1 fully saturated rings. The molecular formula is C11H13ClO2. The molecule has 1 aromatic rings. The molecular weight excluding hydrogens is 200 g/mol. The molecule has 2 nitrogen and oxygen atoms in total. The second kappa shape index (κ2) is 3.89. The molecule has 0 saturated carbocycles. The van der Waals surface area contributed by atoms with Crippen LogP contribution in [0.3, 0.4) is 0 Å². The van der Waals surface area contributed by atoms with E-state index >= 15 is 0 Å². The van der Waals surface area contributed by atoms with Gasteiger partial charge >= 0.3 is 0 Å². The Hall–Kier alpha value is -0.570. The molecule has 0 radical (unpaired) electrons. The van der Waals surface area contributed by atoms with Crippen LogP contribution in [-0.2, 0) is 9.47 Å². The lowest BCUT2D eigenvalue weighted by Crippen LogP contribution is -2.13. The Morgan fingerprint density at radius 3 is 2.21 bits per heavy atom. The first-order valence-electron chi connectivity index (χ1n) is 4.74. The van der Waals surface area contributed by atoms with E-state index in [4.69, 9.17) is 21.1 Å². The van der Waals surface area contributed by atoms with E-state index in [1.165, 1.54) is 0 Å². The Labute approximate surface area is 88.8 Å². The van der Waals surface area contributed by atoms with E-state index in [1.54, 1.807) is 0 Å². The first-order chi connectivity index (χ1) is 6.68. The Kier molecular flexibility index (Phi) is 2.77. The summed E-state index contributed by atoms with van der Waals surface area (Å²) in [5.41, 5.74) is 0.908. The second-order valence-electron chi connectivity index (χ2n) is 3.54. The SMILES string of the molecule is C[C@@H]1OC(c2ccccc2Cl)O[C@@H]1C. The number of benzene rings is 1. The number of hydrogen-bond donors (Lipinski definition) is 0. The van der Waals surface area contributed by atoms with Gasteiger partial charge in [0.2, 0.25) is 0 Å². The lowest BCUT2D eigenvalue weighted by Gasteiger charge is -2.11. The molecule has 14 heavy (non-hydrogen) atoms. The Bertz CT molecular complexity index is 317. The van der Waals surface area contributed by atoms with Crippen molar-refractivity contribution in [3.63, 3.8) is 0 Å². The van der Waals surface area contributed by atoms with Gasteiger partial charge in [0.1, 0.15) is 0 Å². The first-order valence-corrected chi connectivity index (χ1v) is 5.11. The standard InChI is InChI=1S/C11H13ClO2/c1-7-8(2)14-11(13-7)9-5-3-4-6-10(9)12/h3-8,11H,1-2H3/t7-,8+,11?. The number of rotatable bonds is 1. The van der Waals surface area contributed by atoms with Crippen LogP contribution in [0.1, 0.15) is 25.7 Å². The Morgan fingerprint density at radius 2 is 1.64 bits per heavy atom. The molecule has 0 aliphatic carbocycles. The summed E-state index contributed by atoms with van der Waals surface area (Å²) in [5, 5.41) is 0.693. The molecule has 1 aromatic carbocycles. The highest BCUT2D eigenvalue weighted by molar-refractivity contribution is 6.31. The van der Waals surface area contributed by atoms with Crippen LogP contribution in [-0.4, -0.2) is 12.2 Å². The largest absolute Gasteiger partial charge is 0.343 e. The summed E-state index contributed by atoms with van der Waals surface area (Å²) in [5.74, 6) is 0. The van der Waals surface area contributed by atoms with Crippen molar-refractivity contribution in [2.45, 2.75) is 32.3 Å². The molecule has 0 amide bonds. The van der Waals surface area contributed by atoms with Crippen molar-refractivity contribution in [2.75, 3.05) is 0 Å². The number of ether oxygens (including phenoxy) is 2. The van der Waals surface area contributed by atoms with Crippen LogP contribution in [0.25, 0.3) is 0 Å². The zero-order valence-corrected chi connectivity index (χ0v) is 8.99. The highest BCUT2D eigenvalue weighted by Crippen LogP contribution is 2.34. The summed E-state index contributed by atoms with van der Waals surface area (Å²) >= 11 is 6.04. The number of hydrogen-bond acceptors (Lipinski definition) is 2. The summed E-state index contributed by atoms with van der Waals surface area (Å²) in [6.07, 6.45) is -0.0683. The smallest absolute Gasteiger partial charge is 0.186 e. The lowest BCUT2D eigenvalue weighted by molar-refractivity contribution is -0.0652. The monoisotopic (exact) mass is 212 g/mol. The predicted octanol–water partition coefficient (Wildman–Crippen LogP) is 3.16. The molecule has 1 aliphatic heterocycles. The molecule has 3 heteroatoms. The topological polar surface area (TPSA) is 18.5 Å². The van der Waals surface area contributed by atoms with E-state index in [-0.39, 0.29) is 18.5 Å². The van der Waals surface area contributed by atoms with E-state index in [2.05, 4.69) is 0 Å². The minimum Gasteiger partial charge on any atom is -0.343 e. The number of halogens is 1. The molecule has 0 aromatic heterocycles. The average Bonchev–Trinajstić information content (AvgIpc) is 2.48. The third-order valence-corrected chi connectivity index (χ3v) is 2.84. The predicted molar refractivity (Wildman–Crippen MR) is 55.3 cm³/mol. The highest BCUT2D eigenvalue weighted by Gasteiger charge is 2.31. The van der Waals surface area contributed by atoms with Crippen LogP contribution in [0.15, 0.2) is 24.3 Å². The third kappa shape index (κ3) is 1.78. The molecule has 1 unspecified atom stereocenters. The minimum absolute atomic E-state index is 0.122. The van der Waals surface area contributed by atoms with Gasteiger partial charge in [0.15, 0.2) is 6.29 Å². The van der Waals surface area contributed by atoms with Gasteiger partial charge in [-0.3, -0.25) is 0 Å². The van der Waals surface area contributed by atoms with Crippen molar-refractivity contribution in [3.8, 4) is 0 Å². The fourth-order valence-corrected chi connectivity index (χ4v) is 1.68. The van der Waals surface area contributed by atoms with Crippen LogP contribution in [0.4, 0.5) is 0 Å². The molecule has 0 bridgehead atoms. The molecule has 1 heterocycles. The first kappa shape index (κ1) is 9.97. The van der Waals surface area contributed by atoms with E-state index in [0.29, 0.717) is 5.02 Å². The molecule has 1 saturated heterocycles. The molecule has 3 atom stereocenters. The molecule has 2 rings (SSSR count). The van der Waals surface area contributed by atoms with Crippen molar-refractivity contribution < 1.29 is 9.47 Å².